The first-order valence-corrected chi connectivity index (χ1v) is 7.79. The van der Waals surface area contributed by atoms with Gasteiger partial charge in [0.2, 0.25) is 0 Å². The highest BCUT2D eigenvalue weighted by atomic mass is 15.3. The fourth-order valence-corrected chi connectivity index (χ4v) is 3.31. The maximum atomic E-state index is 6.42. The highest BCUT2D eigenvalue weighted by Crippen LogP contribution is 2.18. The number of nitrogens with zero attached hydrogens (tertiary/aromatic N) is 2. The molecule has 1 aliphatic rings. The van der Waals surface area contributed by atoms with E-state index in [0.717, 1.165) is 32.7 Å². The second-order valence-electron chi connectivity index (χ2n) is 6.26. The van der Waals surface area contributed by atoms with Crippen LogP contribution in [0.5, 0.6) is 0 Å². The van der Waals surface area contributed by atoms with Crippen LogP contribution >= 0.6 is 0 Å². The summed E-state index contributed by atoms with van der Waals surface area (Å²) in [6, 6.07) is 7.42. The Morgan fingerprint density at radius 1 is 1.20 bits per heavy atom. The summed E-state index contributed by atoms with van der Waals surface area (Å²) in [5.41, 5.74) is 10.3. The van der Waals surface area contributed by atoms with E-state index < -0.39 is 0 Å². The van der Waals surface area contributed by atoms with Gasteiger partial charge in [0, 0.05) is 38.3 Å². The maximum absolute atomic E-state index is 6.42. The van der Waals surface area contributed by atoms with Gasteiger partial charge in [-0.15, -0.1) is 0 Å². The van der Waals surface area contributed by atoms with Crippen LogP contribution in [0, 0.1) is 13.8 Å². The number of benzene rings is 1. The minimum atomic E-state index is 0.119. The van der Waals surface area contributed by atoms with Crippen LogP contribution in [0.15, 0.2) is 18.2 Å². The van der Waals surface area contributed by atoms with E-state index in [0.29, 0.717) is 6.04 Å². The molecular weight excluding hydrogens is 246 g/mol. The molecule has 20 heavy (non-hydrogen) atoms. The van der Waals surface area contributed by atoms with Crippen molar-refractivity contribution >= 4 is 0 Å². The molecule has 1 aliphatic heterocycles. The number of hydrogen-bond donors (Lipinski definition) is 1. The molecule has 0 radical (unpaired) electrons. The first kappa shape index (κ1) is 15.5. The van der Waals surface area contributed by atoms with Crippen molar-refractivity contribution < 1.29 is 0 Å². The van der Waals surface area contributed by atoms with Gasteiger partial charge in [-0.25, -0.2) is 0 Å². The van der Waals surface area contributed by atoms with E-state index in [1.165, 1.54) is 16.7 Å². The molecule has 2 atom stereocenters. The predicted octanol–water partition coefficient (Wildman–Crippen LogP) is 2.33. The van der Waals surface area contributed by atoms with E-state index in [-0.39, 0.29) is 6.04 Å². The fourth-order valence-electron chi connectivity index (χ4n) is 3.31. The van der Waals surface area contributed by atoms with Crippen molar-refractivity contribution in [1.82, 2.24) is 9.80 Å². The van der Waals surface area contributed by atoms with Crippen LogP contribution in [0.4, 0.5) is 0 Å². The fraction of sp³-hybridized carbons (Fsp3) is 0.647. The zero-order chi connectivity index (χ0) is 14.7. The second-order valence-corrected chi connectivity index (χ2v) is 6.26. The third-order valence-corrected chi connectivity index (χ3v) is 4.38. The monoisotopic (exact) mass is 275 g/mol. The zero-order valence-corrected chi connectivity index (χ0v) is 13.4. The van der Waals surface area contributed by atoms with Gasteiger partial charge in [-0.05, 0) is 32.9 Å². The molecular formula is C17H29N3. The van der Waals surface area contributed by atoms with Crippen LogP contribution in [0.3, 0.4) is 0 Å². The minimum Gasteiger partial charge on any atom is -0.323 e. The molecule has 112 valence electrons. The molecule has 0 aliphatic carbocycles. The first-order valence-electron chi connectivity index (χ1n) is 7.79. The molecule has 0 spiro atoms. The van der Waals surface area contributed by atoms with Gasteiger partial charge in [-0.3, -0.25) is 9.80 Å². The Bertz CT molecular complexity index is 424. The number of rotatable bonds is 4. The number of nitrogens with two attached hydrogens (primary N) is 1. The Labute approximate surface area is 123 Å². The number of piperazine rings is 1. The lowest BCUT2D eigenvalue weighted by atomic mass is 10.0. The normalized spacial score (nSPS) is 22.9. The summed E-state index contributed by atoms with van der Waals surface area (Å²) >= 11 is 0. The van der Waals surface area contributed by atoms with Crippen molar-refractivity contribution in [2.45, 2.75) is 39.8 Å². The Kier molecular flexibility index (Phi) is 5.19. The van der Waals surface area contributed by atoms with Crippen LogP contribution < -0.4 is 5.73 Å². The van der Waals surface area contributed by atoms with Crippen molar-refractivity contribution in [3.8, 4) is 0 Å². The summed E-state index contributed by atoms with van der Waals surface area (Å²) in [6.45, 7) is 14.4. The summed E-state index contributed by atoms with van der Waals surface area (Å²) in [5, 5.41) is 0. The first-order chi connectivity index (χ1) is 9.49. The van der Waals surface area contributed by atoms with Crippen LogP contribution in [0.25, 0.3) is 0 Å². The number of hydrogen-bond acceptors (Lipinski definition) is 3. The Morgan fingerprint density at radius 3 is 2.40 bits per heavy atom. The molecule has 2 rings (SSSR count). The number of aryl methyl sites for hydroxylation is 2. The molecule has 1 aromatic carbocycles. The van der Waals surface area contributed by atoms with Crippen molar-refractivity contribution in [3.63, 3.8) is 0 Å². The van der Waals surface area contributed by atoms with Crippen LogP contribution in [0.1, 0.15) is 36.6 Å². The molecule has 1 heterocycles. The molecule has 1 fully saturated rings. The van der Waals surface area contributed by atoms with E-state index in [4.69, 9.17) is 5.73 Å². The lowest BCUT2D eigenvalue weighted by molar-refractivity contribution is 0.0841. The molecule has 0 bridgehead atoms. The SMILES string of the molecule is CCN1CCN(CC(N)c2cc(C)cc(C)c2)CC1C. The summed E-state index contributed by atoms with van der Waals surface area (Å²) in [6.07, 6.45) is 0. The molecule has 2 N–H and O–H groups in total. The molecule has 0 amide bonds. The van der Waals surface area contributed by atoms with Crippen molar-refractivity contribution in [2.75, 3.05) is 32.7 Å². The third kappa shape index (κ3) is 3.81. The van der Waals surface area contributed by atoms with E-state index in [9.17, 15) is 0 Å². The number of likely N-dealkylation sites (N-methyl/N-ethyl adjacent to an activating group) is 1. The lowest BCUT2D eigenvalue weighted by Crippen LogP contribution is -2.52. The van der Waals surface area contributed by atoms with Gasteiger partial charge in [0.05, 0.1) is 0 Å². The molecule has 2 unspecified atom stereocenters. The standard InChI is InChI=1S/C17H29N3/c1-5-20-7-6-19(11-15(20)4)12-17(18)16-9-13(2)8-14(3)10-16/h8-10,15,17H,5-7,11-12,18H2,1-4H3. The van der Waals surface area contributed by atoms with Crippen LogP contribution in [-0.2, 0) is 0 Å². The quantitative estimate of drug-likeness (QED) is 0.915. The maximum Gasteiger partial charge on any atom is 0.0424 e. The van der Waals surface area contributed by atoms with Gasteiger partial charge in [0.1, 0.15) is 0 Å². The van der Waals surface area contributed by atoms with Crippen molar-refractivity contribution in [1.29, 1.82) is 0 Å². The zero-order valence-electron chi connectivity index (χ0n) is 13.4. The van der Waals surface area contributed by atoms with Gasteiger partial charge >= 0.3 is 0 Å². The van der Waals surface area contributed by atoms with Crippen LogP contribution in [0.2, 0.25) is 0 Å². The molecule has 1 saturated heterocycles. The van der Waals surface area contributed by atoms with E-state index in [1.54, 1.807) is 0 Å². The smallest absolute Gasteiger partial charge is 0.0424 e. The summed E-state index contributed by atoms with van der Waals surface area (Å²) < 4.78 is 0. The van der Waals surface area contributed by atoms with E-state index >= 15 is 0 Å². The van der Waals surface area contributed by atoms with Gasteiger partial charge in [-0.2, -0.15) is 0 Å². The van der Waals surface area contributed by atoms with Gasteiger partial charge in [0.15, 0.2) is 0 Å². The van der Waals surface area contributed by atoms with Gasteiger partial charge in [-0.1, -0.05) is 36.2 Å². The third-order valence-electron chi connectivity index (χ3n) is 4.38. The highest BCUT2D eigenvalue weighted by Gasteiger charge is 2.23. The average molecular weight is 275 g/mol. The summed E-state index contributed by atoms with van der Waals surface area (Å²) in [5.74, 6) is 0. The molecule has 3 nitrogen and oxygen atoms in total. The molecule has 0 aromatic heterocycles. The Balaban J connectivity index is 1.96. The summed E-state index contributed by atoms with van der Waals surface area (Å²) in [7, 11) is 0. The second kappa shape index (κ2) is 6.70. The molecule has 0 saturated carbocycles. The van der Waals surface area contributed by atoms with Crippen molar-refractivity contribution in [3.05, 3.63) is 34.9 Å². The van der Waals surface area contributed by atoms with Gasteiger partial charge < -0.3 is 5.73 Å². The molecule has 3 heteroatoms. The highest BCUT2D eigenvalue weighted by molar-refractivity contribution is 5.30. The average Bonchev–Trinajstić information content (AvgIpc) is 2.37. The predicted molar refractivity (Wildman–Crippen MR) is 86.0 cm³/mol. The van der Waals surface area contributed by atoms with E-state index in [1.807, 2.05) is 0 Å². The van der Waals surface area contributed by atoms with Crippen LogP contribution in [-0.4, -0.2) is 48.6 Å². The van der Waals surface area contributed by atoms with E-state index in [2.05, 4.69) is 55.7 Å². The Morgan fingerprint density at radius 2 is 1.85 bits per heavy atom. The lowest BCUT2D eigenvalue weighted by Gasteiger charge is -2.40. The Hall–Kier alpha value is -0.900. The summed E-state index contributed by atoms with van der Waals surface area (Å²) in [4.78, 5) is 5.05. The van der Waals surface area contributed by atoms with Crippen molar-refractivity contribution in [2.24, 2.45) is 5.73 Å². The minimum absolute atomic E-state index is 0.119. The van der Waals surface area contributed by atoms with Gasteiger partial charge in [0.25, 0.3) is 0 Å². The topological polar surface area (TPSA) is 32.5 Å². The largest absolute Gasteiger partial charge is 0.323 e. The molecule has 1 aromatic rings.